The van der Waals surface area contributed by atoms with Gasteiger partial charge in [0.15, 0.2) is 0 Å². The summed E-state index contributed by atoms with van der Waals surface area (Å²) in [5.74, 6) is 0. The monoisotopic (exact) mass is 244 g/mol. The zero-order chi connectivity index (χ0) is 11.7. The Balaban J connectivity index is 1.76. The third kappa shape index (κ3) is 2.14. The number of thiazole rings is 1. The van der Waals surface area contributed by atoms with Gasteiger partial charge in [0.05, 0.1) is 23.3 Å². The van der Waals surface area contributed by atoms with Crippen LogP contribution in [0.25, 0.3) is 10.9 Å². The zero-order valence-electron chi connectivity index (χ0n) is 9.40. The van der Waals surface area contributed by atoms with Crippen molar-refractivity contribution in [2.45, 2.75) is 13.5 Å². The van der Waals surface area contributed by atoms with Crippen molar-refractivity contribution in [3.8, 4) is 0 Å². The minimum atomic E-state index is 0.811. The van der Waals surface area contributed by atoms with E-state index < -0.39 is 0 Å². The minimum Gasteiger partial charge on any atom is -0.380 e. The molecule has 0 saturated carbocycles. The number of aromatic nitrogens is 3. The number of nitrogens with one attached hydrogen (secondary N) is 2. The fraction of sp³-hybridized carbons (Fsp3) is 0.167. The van der Waals surface area contributed by atoms with E-state index in [0.717, 1.165) is 28.1 Å². The van der Waals surface area contributed by atoms with Crippen molar-refractivity contribution >= 4 is 27.9 Å². The minimum absolute atomic E-state index is 0.811. The van der Waals surface area contributed by atoms with Crippen LogP contribution in [0.3, 0.4) is 0 Å². The number of hydrogen-bond acceptors (Lipinski definition) is 4. The van der Waals surface area contributed by atoms with Crippen LogP contribution in [0.4, 0.5) is 5.69 Å². The van der Waals surface area contributed by atoms with Crippen molar-refractivity contribution in [2.75, 3.05) is 5.32 Å². The van der Waals surface area contributed by atoms with Gasteiger partial charge in [-0.2, -0.15) is 5.10 Å². The Morgan fingerprint density at radius 1 is 1.35 bits per heavy atom. The number of anilines is 1. The molecule has 5 heteroatoms. The van der Waals surface area contributed by atoms with Crippen LogP contribution in [0.1, 0.15) is 9.88 Å². The van der Waals surface area contributed by atoms with Crippen LogP contribution >= 0.6 is 11.3 Å². The first-order chi connectivity index (χ1) is 8.31. The van der Waals surface area contributed by atoms with Gasteiger partial charge in [-0.3, -0.25) is 5.10 Å². The number of fused-ring (bicyclic) bond motifs is 1. The third-order valence-corrected chi connectivity index (χ3v) is 3.49. The van der Waals surface area contributed by atoms with Crippen LogP contribution in [0.15, 0.2) is 30.6 Å². The van der Waals surface area contributed by atoms with Gasteiger partial charge in [-0.25, -0.2) is 4.98 Å². The Hall–Kier alpha value is -1.88. The van der Waals surface area contributed by atoms with Gasteiger partial charge in [-0.05, 0) is 25.1 Å². The molecule has 0 unspecified atom stereocenters. The van der Waals surface area contributed by atoms with E-state index in [1.807, 2.05) is 19.3 Å². The fourth-order valence-electron chi connectivity index (χ4n) is 1.72. The highest BCUT2D eigenvalue weighted by molar-refractivity contribution is 7.11. The van der Waals surface area contributed by atoms with E-state index in [1.54, 1.807) is 11.3 Å². The van der Waals surface area contributed by atoms with E-state index in [1.165, 1.54) is 4.88 Å². The second kappa shape index (κ2) is 4.18. The molecule has 86 valence electrons. The molecule has 2 heterocycles. The van der Waals surface area contributed by atoms with Crippen molar-refractivity contribution in [1.29, 1.82) is 0 Å². The fourth-order valence-corrected chi connectivity index (χ4v) is 2.46. The summed E-state index contributed by atoms with van der Waals surface area (Å²) in [7, 11) is 0. The number of nitrogens with zero attached hydrogens (tertiary/aromatic N) is 2. The molecule has 0 bridgehead atoms. The highest BCUT2D eigenvalue weighted by atomic mass is 32.1. The molecule has 4 nitrogen and oxygen atoms in total. The smallest absolute Gasteiger partial charge is 0.0897 e. The van der Waals surface area contributed by atoms with Gasteiger partial charge >= 0.3 is 0 Å². The van der Waals surface area contributed by atoms with Crippen molar-refractivity contribution < 1.29 is 0 Å². The molecular formula is C12H12N4S. The largest absolute Gasteiger partial charge is 0.380 e. The van der Waals surface area contributed by atoms with Gasteiger partial charge in [-0.15, -0.1) is 11.3 Å². The standard InChI is InChI=1S/C12H12N4S/c1-8-13-6-11(17-8)7-14-10-3-2-9-5-15-16-12(9)4-10/h2-6,14H,7H2,1H3,(H,15,16). The molecule has 0 radical (unpaired) electrons. The molecule has 0 atom stereocenters. The molecule has 0 fully saturated rings. The maximum Gasteiger partial charge on any atom is 0.0897 e. The molecule has 2 aromatic heterocycles. The number of H-pyrrole nitrogens is 1. The lowest BCUT2D eigenvalue weighted by Crippen LogP contribution is -1.96. The van der Waals surface area contributed by atoms with E-state index >= 15 is 0 Å². The molecule has 0 aliphatic carbocycles. The predicted octanol–water partition coefficient (Wildman–Crippen LogP) is 2.94. The van der Waals surface area contributed by atoms with Gasteiger partial charge in [0.25, 0.3) is 0 Å². The third-order valence-electron chi connectivity index (χ3n) is 2.58. The van der Waals surface area contributed by atoms with Crippen LogP contribution in [0.2, 0.25) is 0 Å². The summed E-state index contributed by atoms with van der Waals surface area (Å²) in [6.07, 6.45) is 3.74. The summed E-state index contributed by atoms with van der Waals surface area (Å²) in [5.41, 5.74) is 2.14. The molecule has 0 aliphatic rings. The van der Waals surface area contributed by atoms with E-state index in [9.17, 15) is 0 Å². The van der Waals surface area contributed by atoms with Crippen molar-refractivity contribution in [3.63, 3.8) is 0 Å². The van der Waals surface area contributed by atoms with Crippen molar-refractivity contribution in [1.82, 2.24) is 15.2 Å². The zero-order valence-corrected chi connectivity index (χ0v) is 10.2. The number of rotatable bonds is 3. The Morgan fingerprint density at radius 2 is 2.29 bits per heavy atom. The Morgan fingerprint density at radius 3 is 3.12 bits per heavy atom. The lowest BCUT2D eigenvalue weighted by molar-refractivity contribution is 1.12. The van der Waals surface area contributed by atoms with E-state index in [0.29, 0.717) is 0 Å². The van der Waals surface area contributed by atoms with Crippen molar-refractivity contribution in [3.05, 3.63) is 40.5 Å². The summed E-state index contributed by atoms with van der Waals surface area (Å²) in [5, 5.41) is 12.6. The molecular weight excluding hydrogens is 232 g/mol. The van der Waals surface area contributed by atoms with Gasteiger partial charge in [0.2, 0.25) is 0 Å². The Bertz CT molecular complexity index is 641. The quantitative estimate of drug-likeness (QED) is 0.744. The average molecular weight is 244 g/mol. The van der Waals surface area contributed by atoms with E-state index in [-0.39, 0.29) is 0 Å². The predicted molar refractivity (Wildman–Crippen MR) is 70.3 cm³/mol. The molecule has 3 aromatic rings. The molecule has 17 heavy (non-hydrogen) atoms. The van der Waals surface area contributed by atoms with Crippen LogP contribution < -0.4 is 5.32 Å². The Kier molecular flexibility index (Phi) is 2.53. The van der Waals surface area contributed by atoms with Gasteiger partial charge in [0, 0.05) is 22.1 Å². The lowest BCUT2D eigenvalue weighted by atomic mass is 10.2. The molecule has 0 aliphatic heterocycles. The van der Waals surface area contributed by atoms with Crippen LogP contribution in [-0.4, -0.2) is 15.2 Å². The topological polar surface area (TPSA) is 53.6 Å². The van der Waals surface area contributed by atoms with Gasteiger partial charge < -0.3 is 5.32 Å². The number of aryl methyl sites for hydroxylation is 1. The molecule has 0 amide bonds. The van der Waals surface area contributed by atoms with E-state index in [4.69, 9.17) is 0 Å². The Labute approximate surface area is 103 Å². The normalized spacial score (nSPS) is 10.9. The summed E-state index contributed by atoms with van der Waals surface area (Å²) in [6, 6.07) is 6.18. The lowest BCUT2D eigenvalue weighted by Gasteiger charge is -2.03. The SMILES string of the molecule is Cc1ncc(CNc2ccc3cn[nH]c3c2)s1. The highest BCUT2D eigenvalue weighted by Crippen LogP contribution is 2.18. The summed E-state index contributed by atoms with van der Waals surface area (Å²) < 4.78 is 0. The molecule has 0 spiro atoms. The molecule has 0 saturated heterocycles. The first-order valence-electron chi connectivity index (χ1n) is 5.39. The summed E-state index contributed by atoms with van der Waals surface area (Å²) in [4.78, 5) is 5.48. The molecule has 3 rings (SSSR count). The second-order valence-electron chi connectivity index (χ2n) is 3.87. The van der Waals surface area contributed by atoms with E-state index in [2.05, 4.69) is 38.7 Å². The second-order valence-corrected chi connectivity index (χ2v) is 5.19. The highest BCUT2D eigenvalue weighted by Gasteiger charge is 2.00. The number of benzene rings is 1. The average Bonchev–Trinajstić information content (AvgIpc) is 2.94. The van der Waals surface area contributed by atoms with Crippen LogP contribution in [0, 0.1) is 6.92 Å². The van der Waals surface area contributed by atoms with Gasteiger partial charge in [-0.1, -0.05) is 0 Å². The summed E-state index contributed by atoms with van der Waals surface area (Å²) in [6.45, 7) is 2.83. The van der Waals surface area contributed by atoms with Gasteiger partial charge in [0.1, 0.15) is 0 Å². The molecule has 2 N–H and O–H groups in total. The maximum atomic E-state index is 4.23. The first-order valence-corrected chi connectivity index (χ1v) is 6.21. The summed E-state index contributed by atoms with van der Waals surface area (Å²) >= 11 is 1.72. The molecule has 1 aromatic carbocycles. The van der Waals surface area contributed by atoms with Crippen molar-refractivity contribution in [2.24, 2.45) is 0 Å². The number of hydrogen-bond donors (Lipinski definition) is 2. The number of aromatic amines is 1. The maximum absolute atomic E-state index is 4.23. The van der Waals surface area contributed by atoms with Crippen LogP contribution in [0.5, 0.6) is 0 Å². The first kappa shape index (κ1) is 10.3. The van der Waals surface area contributed by atoms with Crippen LogP contribution in [-0.2, 0) is 6.54 Å².